The van der Waals surface area contributed by atoms with E-state index < -0.39 is 0 Å². The lowest BCUT2D eigenvalue weighted by Crippen LogP contribution is -2.46. The van der Waals surface area contributed by atoms with Crippen LogP contribution in [0, 0.1) is 11.8 Å². The molecule has 1 aliphatic rings. The first-order valence-electron chi connectivity index (χ1n) is 12.1. The maximum atomic E-state index is 10.7. The largest absolute Gasteiger partial charge is 0.513 e. The van der Waals surface area contributed by atoms with Gasteiger partial charge in [-0.1, -0.05) is 70.3 Å². The van der Waals surface area contributed by atoms with E-state index in [2.05, 4.69) is 92.7 Å². The minimum atomic E-state index is 0.225. The average Bonchev–Trinajstić information content (AvgIpc) is 2.80. The van der Waals surface area contributed by atoms with Gasteiger partial charge in [-0.25, -0.2) is 0 Å². The molecule has 0 bridgehead atoms. The summed E-state index contributed by atoms with van der Waals surface area (Å²) in [5.41, 5.74) is 6.59. The summed E-state index contributed by atoms with van der Waals surface area (Å²) in [5.74, 6) is 1.26. The highest BCUT2D eigenvalue weighted by Gasteiger charge is 2.28. The van der Waals surface area contributed by atoms with Crippen LogP contribution < -0.4 is 5.32 Å². The number of hydrogen-bond donors (Lipinski definition) is 2. The molecule has 1 heterocycles. The standard InChI is InChI=1S/C19H23NO2.C11H17N/c1-4-17(9-14(2)13-21)18-7-5-16(6-8-18)10-20-11-19(12-20)15(3)22;1-9(2)8-10-4-6-11(12-3)7-5-10/h5-9,13,19,22H,2-4,10-12H2,1H3;4-7,9,12H,8H2,1-3H3/b17-9+;. The first kappa shape index (κ1) is 27.1. The van der Waals surface area contributed by atoms with Gasteiger partial charge in [0.1, 0.15) is 6.29 Å². The van der Waals surface area contributed by atoms with Gasteiger partial charge in [0.15, 0.2) is 0 Å². The number of aliphatic hydroxyl groups excluding tert-OH is 1. The molecular formula is C30H40N2O2. The number of anilines is 1. The number of benzene rings is 2. The lowest BCUT2D eigenvalue weighted by molar-refractivity contribution is -0.104. The van der Waals surface area contributed by atoms with Crippen LogP contribution in [0.3, 0.4) is 0 Å². The van der Waals surface area contributed by atoms with Crippen molar-refractivity contribution < 1.29 is 9.90 Å². The van der Waals surface area contributed by atoms with Gasteiger partial charge in [-0.2, -0.15) is 0 Å². The molecule has 0 unspecified atom stereocenters. The summed E-state index contributed by atoms with van der Waals surface area (Å²) < 4.78 is 0. The zero-order valence-electron chi connectivity index (χ0n) is 21.2. The Morgan fingerprint density at radius 2 is 1.68 bits per heavy atom. The van der Waals surface area contributed by atoms with E-state index in [4.69, 9.17) is 0 Å². The summed E-state index contributed by atoms with van der Waals surface area (Å²) in [7, 11) is 1.94. The number of carbonyl (C=O) groups is 1. The molecule has 0 aromatic heterocycles. The van der Waals surface area contributed by atoms with Crippen LogP contribution in [0.1, 0.15) is 43.9 Å². The molecule has 2 aromatic carbocycles. The quantitative estimate of drug-likeness (QED) is 0.180. The number of allylic oxidation sites excluding steroid dienone is 3. The Labute approximate surface area is 205 Å². The van der Waals surface area contributed by atoms with Crippen molar-refractivity contribution in [1.82, 2.24) is 4.90 Å². The lowest BCUT2D eigenvalue weighted by Gasteiger charge is -2.38. The Morgan fingerprint density at radius 3 is 2.15 bits per heavy atom. The molecule has 0 spiro atoms. The second-order valence-electron chi connectivity index (χ2n) is 9.34. The van der Waals surface area contributed by atoms with E-state index in [-0.39, 0.29) is 5.92 Å². The van der Waals surface area contributed by atoms with Crippen molar-refractivity contribution in [3.63, 3.8) is 0 Å². The van der Waals surface area contributed by atoms with Gasteiger partial charge >= 0.3 is 0 Å². The second kappa shape index (κ2) is 13.6. The number of rotatable bonds is 10. The monoisotopic (exact) mass is 460 g/mol. The van der Waals surface area contributed by atoms with E-state index in [1.54, 1.807) is 0 Å². The predicted octanol–water partition coefficient (Wildman–Crippen LogP) is 6.67. The molecule has 0 radical (unpaired) electrons. The molecule has 0 aliphatic carbocycles. The molecule has 2 aromatic rings. The fourth-order valence-electron chi connectivity index (χ4n) is 3.92. The summed E-state index contributed by atoms with van der Waals surface area (Å²) >= 11 is 0. The number of nitrogens with one attached hydrogen (secondary N) is 1. The average molecular weight is 461 g/mol. The van der Waals surface area contributed by atoms with Crippen molar-refractivity contribution in [1.29, 1.82) is 0 Å². The number of likely N-dealkylation sites (tertiary alicyclic amines) is 1. The van der Waals surface area contributed by atoms with Crippen molar-refractivity contribution in [2.45, 2.75) is 40.2 Å². The van der Waals surface area contributed by atoms with Crippen LogP contribution in [0.15, 0.2) is 79.1 Å². The number of aldehydes is 1. The Balaban J connectivity index is 0.000000287. The van der Waals surface area contributed by atoms with Gasteiger partial charge in [0.2, 0.25) is 0 Å². The van der Waals surface area contributed by atoms with Crippen LogP contribution in [-0.4, -0.2) is 36.4 Å². The number of nitrogens with zero attached hydrogens (tertiary/aromatic N) is 1. The van der Waals surface area contributed by atoms with Gasteiger partial charge in [0, 0.05) is 43.9 Å². The van der Waals surface area contributed by atoms with Crippen molar-refractivity contribution >= 4 is 17.5 Å². The van der Waals surface area contributed by atoms with Crippen molar-refractivity contribution in [3.8, 4) is 0 Å². The van der Waals surface area contributed by atoms with Crippen LogP contribution in [-0.2, 0) is 17.8 Å². The van der Waals surface area contributed by atoms with Crippen LogP contribution in [0.4, 0.5) is 5.69 Å². The highest BCUT2D eigenvalue weighted by atomic mass is 16.3. The van der Waals surface area contributed by atoms with Crippen molar-refractivity contribution in [3.05, 3.63) is 95.8 Å². The third kappa shape index (κ3) is 8.68. The van der Waals surface area contributed by atoms with Gasteiger partial charge in [-0.3, -0.25) is 9.69 Å². The summed E-state index contributed by atoms with van der Waals surface area (Å²) in [5, 5.41) is 12.4. The van der Waals surface area contributed by atoms with Crippen LogP contribution in [0.5, 0.6) is 0 Å². The zero-order chi connectivity index (χ0) is 25.1. The molecule has 0 saturated carbocycles. The molecule has 4 nitrogen and oxygen atoms in total. The Bertz CT molecular complexity index is 966. The molecule has 0 atom stereocenters. The summed E-state index contributed by atoms with van der Waals surface area (Å²) in [6.45, 7) is 16.5. The second-order valence-corrected chi connectivity index (χ2v) is 9.34. The first-order valence-corrected chi connectivity index (χ1v) is 12.1. The summed E-state index contributed by atoms with van der Waals surface area (Å²) in [6.07, 6.45) is 4.65. The molecule has 3 rings (SSSR count). The van der Waals surface area contributed by atoms with E-state index in [0.29, 0.717) is 11.3 Å². The molecule has 1 aliphatic heterocycles. The zero-order valence-corrected chi connectivity index (χ0v) is 21.2. The van der Waals surface area contributed by atoms with Gasteiger partial charge in [-0.15, -0.1) is 0 Å². The molecule has 182 valence electrons. The smallest absolute Gasteiger partial charge is 0.149 e. The fraction of sp³-hybridized carbons (Fsp3) is 0.367. The van der Waals surface area contributed by atoms with Crippen LogP contribution >= 0.6 is 0 Å². The van der Waals surface area contributed by atoms with Crippen LogP contribution in [0.2, 0.25) is 0 Å². The highest BCUT2D eigenvalue weighted by molar-refractivity contribution is 5.82. The third-order valence-corrected chi connectivity index (χ3v) is 5.94. The number of hydrogen-bond acceptors (Lipinski definition) is 4. The highest BCUT2D eigenvalue weighted by Crippen LogP contribution is 2.24. The normalized spacial score (nSPS) is 14.1. The fourth-order valence-corrected chi connectivity index (χ4v) is 3.92. The SMILES string of the molecule is C=C(C=O)/C=C(\CC)c1ccc(CN2CC(C(=C)O)C2)cc1.CNc1ccc(CC(C)C)cc1. The molecule has 2 N–H and O–H groups in total. The Hall–Kier alpha value is -3.11. The predicted molar refractivity (Wildman–Crippen MR) is 145 cm³/mol. The molecule has 0 amide bonds. The van der Waals surface area contributed by atoms with Gasteiger partial charge < -0.3 is 10.4 Å². The van der Waals surface area contributed by atoms with E-state index in [0.717, 1.165) is 49.4 Å². The molecular weight excluding hydrogens is 420 g/mol. The minimum absolute atomic E-state index is 0.225. The maximum absolute atomic E-state index is 10.7. The number of carbonyl (C=O) groups excluding carboxylic acids is 1. The van der Waals surface area contributed by atoms with Gasteiger partial charge in [-0.05, 0) is 59.2 Å². The van der Waals surface area contributed by atoms with Crippen molar-refractivity contribution in [2.75, 3.05) is 25.5 Å². The van der Waals surface area contributed by atoms with E-state index in [1.165, 1.54) is 23.2 Å². The number of aliphatic hydroxyl groups is 1. The first-order chi connectivity index (χ1) is 16.2. The maximum Gasteiger partial charge on any atom is 0.149 e. The lowest BCUT2D eigenvalue weighted by atomic mass is 9.96. The van der Waals surface area contributed by atoms with Crippen LogP contribution in [0.25, 0.3) is 5.57 Å². The van der Waals surface area contributed by atoms with Crippen molar-refractivity contribution in [2.24, 2.45) is 11.8 Å². The molecule has 34 heavy (non-hydrogen) atoms. The summed E-state index contributed by atoms with van der Waals surface area (Å²) in [4.78, 5) is 13.0. The minimum Gasteiger partial charge on any atom is -0.513 e. The Morgan fingerprint density at radius 1 is 1.09 bits per heavy atom. The topological polar surface area (TPSA) is 52.6 Å². The molecule has 1 fully saturated rings. The Kier molecular flexibility index (Phi) is 10.8. The molecule has 4 heteroatoms. The van der Waals surface area contributed by atoms with E-state index >= 15 is 0 Å². The third-order valence-electron chi connectivity index (χ3n) is 5.94. The van der Waals surface area contributed by atoms with Gasteiger partial charge in [0.05, 0.1) is 5.76 Å². The van der Waals surface area contributed by atoms with Gasteiger partial charge in [0.25, 0.3) is 0 Å². The van der Waals surface area contributed by atoms with E-state index in [1.807, 2.05) is 13.1 Å². The molecule has 1 saturated heterocycles. The summed E-state index contributed by atoms with van der Waals surface area (Å²) in [6, 6.07) is 17.0. The van der Waals surface area contributed by atoms with E-state index in [9.17, 15) is 9.90 Å².